The van der Waals surface area contributed by atoms with Gasteiger partial charge in [0, 0.05) is 10.0 Å². The van der Waals surface area contributed by atoms with Crippen molar-refractivity contribution in [2.45, 2.75) is 6.42 Å². The van der Waals surface area contributed by atoms with E-state index in [1.807, 2.05) is 0 Å². The van der Waals surface area contributed by atoms with E-state index in [9.17, 15) is 9.90 Å². The van der Waals surface area contributed by atoms with Crippen LogP contribution in [0.25, 0.3) is 0 Å². The molecule has 1 rings (SSSR count). The highest BCUT2D eigenvalue weighted by atomic mass is 79.9. The minimum atomic E-state index is -0.551. The van der Waals surface area contributed by atoms with Crippen LogP contribution in [0.15, 0.2) is 29.3 Å². The normalized spacial score (nSPS) is 9.73. The highest BCUT2D eigenvalue weighted by Crippen LogP contribution is 2.30. The Morgan fingerprint density at radius 3 is 2.87 bits per heavy atom. The van der Waals surface area contributed by atoms with Gasteiger partial charge < -0.3 is 9.84 Å². The fourth-order valence-electron chi connectivity index (χ4n) is 1.22. The second-order valence-electron chi connectivity index (χ2n) is 2.91. The number of hydrogen-bond acceptors (Lipinski definition) is 3. The lowest BCUT2D eigenvalue weighted by molar-refractivity contribution is 0.0597. The number of carbonyl (C=O) groups is 1. The minimum absolute atomic E-state index is 0.0591. The molecule has 4 heteroatoms. The van der Waals surface area contributed by atoms with Crippen LogP contribution >= 0.6 is 15.9 Å². The number of aromatic hydroxyl groups is 1. The van der Waals surface area contributed by atoms with Crippen molar-refractivity contribution < 1.29 is 14.6 Å². The number of hydrogen-bond donors (Lipinski definition) is 1. The van der Waals surface area contributed by atoms with E-state index in [4.69, 9.17) is 0 Å². The van der Waals surface area contributed by atoms with Crippen LogP contribution in [-0.2, 0) is 11.2 Å². The first-order valence-electron chi connectivity index (χ1n) is 4.31. The number of allylic oxidation sites excluding steroid dienone is 1. The molecule has 0 saturated carbocycles. The zero-order chi connectivity index (χ0) is 11.4. The molecule has 0 fully saturated rings. The van der Waals surface area contributed by atoms with E-state index in [1.54, 1.807) is 12.1 Å². The third-order valence-electron chi connectivity index (χ3n) is 1.98. The average molecular weight is 271 g/mol. The minimum Gasteiger partial charge on any atom is -0.507 e. The molecule has 80 valence electrons. The van der Waals surface area contributed by atoms with Gasteiger partial charge in [0.05, 0.1) is 7.11 Å². The summed E-state index contributed by atoms with van der Waals surface area (Å²) < 4.78 is 5.29. The summed E-state index contributed by atoms with van der Waals surface area (Å²) in [5.74, 6) is -0.610. The van der Waals surface area contributed by atoms with Crippen LogP contribution < -0.4 is 0 Å². The smallest absolute Gasteiger partial charge is 0.341 e. The predicted molar refractivity (Wildman–Crippen MR) is 61.0 cm³/mol. The van der Waals surface area contributed by atoms with Gasteiger partial charge in [-0.1, -0.05) is 22.0 Å². The standard InChI is InChI=1S/C11H11BrO3/c1-3-4-7-9(12)6-5-8(10(7)13)11(14)15-2/h3,5-6,13H,1,4H2,2H3. The fourth-order valence-corrected chi connectivity index (χ4v) is 1.71. The first kappa shape index (κ1) is 11.8. The Morgan fingerprint density at radius 2 is 2.33 bits per heavy atom. The van der Waals surface area contributed by atoms with Gasteiger partial charge in [0.2, 0.25) is 0 Å². The molecule has 0 spiro atoms. The molecule has 1 aromatic carbocycles. The van der Waals surface area contributed by atoms with E-state index in [0.29, 0.717) is 12.0 Å². The average Bonchev–Trinajstić information content (AvgIpc) is 2.23. The van der Waals surface area contributed by atoms with Gasteiger partial charge >= 0.3 is 5.97 Å². The Balaban J connectivity index is 3.27. The number of methoxy groups -OCH3 is 1. The van der Waals surface area contributed by atoms with Crippen molar-refractivity contribution in [3.05, 3.63) is 40.4 Å². The molecule has 0 saturated heterocycles. The van der Waals surface area contributed by atoms with Crippen LogP contribution in [0.3, 0.4) is 0 Å². The van der Waals surface area contributed by atoms with Gasteiger partial charge in [-0.05, 0) is 18.6 Å². The van der Waals surface area contributed by atoms with Crippen LogP contribution in [0.2, 0.25) is 0 Å². The van der Waals surface area contributed by atoms with E-state index >= 15 is 0 Å². The largest absolute Gasteiger partial charge is 0.507 e. The molecule has 0 unspecified atom stereocenters. The first-order valence-corrected chi connectivity index (χ1v) is 5.10. The summed E-state index contributed by atoms with van der Waals surface area (Å²) in [5.41, 5.74) is 0.797. The molecule has 1 aromatic rings. The Kier molecular flexibility index (Phi) is 3.91. The molecule has 3 nitrogen and oxygen atoms in total. The highest BCUT2D eigenvalue weighted by Gasteiger charge is 2.16. The molecule has 0 aliphatic carbocycles. The molecule has 0 atom stereocenters. The lowest BCUT2D eigenvalue weighted by atomic mass is 10.1. The van der Waals surface area contributed by atoms with Crippen LogP contribution in [0, 0.1) is 0 Å². The maximum atomic E-state index is 11.3. The van der Waals surface area contributed by atoms with Gasteiger partial charge in [0.15, 0.2) is 0 Å². The first-order chi connectivity index (χ1) is 7.11. The molecule has 0 aromatic heterocycles. The summed E-state index contributed by atoms with van der Waals surface area (Å²) >= 11 is 3.29. The van der Waals surface area contributed by atoms with Crippen LogP contribution in [-0.4, -0.2) is 18.2 Å². The van der Waals surface area contributed by atoms with Crippen molar-refractivity contribution in [2.75, 3.05) is 7.11 Å². The van der Waals surface area contributed by atoms with Crippen molar-refractivity contribution in [1.29, 1.82) is 0 Å². The topological polar surface area (TPSA) is 46.5 Å². The van der Waals surface area contributed by atoms with Gasteiger partial charge in [-0.15, -0.1) is 6.58 Å². The maximum absolute atomic E-state index is 11.3. The molecule has 15 heavy (non-hydrogen) atoms. The fraction of sp³-hybridized carbons (Fsp3) is 0.182. The van der Waals surface area contributed by atoms with E-state index in [0.717, 1.165) is 4.47 Å². The van der Waals surface area contributed by atoms with Gasteiger partial charge in [0.25, 0.3) is 0 Å². The summed E-state index contributed by atoms with van der Waals surface area (Å²) in [6.45, 7) is 3.58. The number of phenols is 1. The van der Waals surface area contributed by atoms with Gasteiger partial charge in [-0.3, -0.25) is 0 Å². The Morgan fingerprint density at radius 1 is 1.67 bits per heavy atom. The van der Waals surface area contributed by atoms with Crippen molar-refractivity contribution >= 4 is 21.9 Å². The lowest BCUT2D eigenvalue weighted by Crippen LogP contribution is -2.03. The summed E-state index contributed by atoms with van der Waals surface area (Å²) in [7, 11) is 1.27. The second kappa shape index (κ2) is 4.98. The van der Waals surface area contributed by atoms with Crippen LogP contribution in [0.5, 0.6) is 5.75 Å². The summed E-state index contributed by atoms with van der Waals surface area (Å²) in [6, 6.07) is 3.21. The monoisotopic (exact) mass is 270 g/mol. The second-order valence-corrected chi connectivity index (χ2v) is 3.76. The van der Waals surface area contributed by atoms with Gasteiger partial charge in [-0.2, -0.15) is 0 Å². The van der Waals surface area contributed by atoms with Crippen LogP contribution in [0.1, 0.15) is 15.9 Å². The third-order valence-corrected chi connectivity index (χ3v) is 2.72. The number of halogens is 1. The van der Waals surface area contributed by atoms with Gasteiger partial charge in [-0.25, -0.2) is 4.79 Å². The highest BCUT2D eigenvalue weighted by molar-refractivity contribution is 9.10. The number of phenolic OH excluding ortho intramolecular Hbond substituents is 1. The molecular formula is C11H11BrO3. The van der Waals surface area contributed by atoms with E-state index < -0.39 is 5.97 Å². The summed E-state index contributed by atoms with van der Waals surface area (Å²) in [5, 5.41) is 9.82. The van der Waals surface area contributed by atoms with Crippen LogP contribution in [0.4, 0.5) is 0 Å². The molecular weight excluding hydrogens is 260 g/mol. The predicted octanol–water partition coefficient (Wildman–Crippen LogP) is 2.67. The Labute approximate surface area is 96.5 Å². The van der Waals surface area contributed by atoms with E-state index in [-0.39, 0.29) is 11.3 Å². The number of ether oxygens (including phenoxy) is 1. The van der Waals surface area contributed by atoms with Crippen molar-refractivity contribution in [3.63, 3.8) is 0 Å². The molecule has 0 amide bonds. The van der Waals surface area contributed by atoms with Gasteiger partial charge in [0.1, 0.15) is 11.3 Å². The molecule has 1 N–H and O–H groups in total. The lowest BCUT2D eigenvalue weighted by Gasteiger charge is -2.08. The van der Waals surface area contributed by atoms with Crippen molar-refractivity contribution in [3.8, 4) is 5.75 Å². The number of benzene rings is 1. The van der Waals surface area contributed by atoms with E-state index in [1.165, 1.54) is 13.2 Å². The quantitative estimate of drug-likeness (QED) is 0.679. The summed E-state index contributed by atoms with van der Waals surface area (Å²) in [4.78, 5) is 11.3. The molecule has 0 heterocycles. The zero-order valence-corrected chi connectivity index (χ0v) is 9.87. The number of carbonyl (C=O) groups excluding carboxylic acids is 1. The van der Waals surface area contributed by atoms with E-state index in [2.05, 4.69) is 27.2 Å². The maximum Gasteiger partial charge on any atom is 0.341 e. The number of esters is 1. The third kappa shape index (κ3) is 2.39. The molecule has 0 aliphatic rings. The Bertz CT molecular complexity index is 399. The molecule has 0 radical (unpaired) electrons. The molecule has 0 bridgehead atoms. The number of rotatable bonds is 3. The Hall–Kier alpha value is -1.29. The summed E-state index contributed by atoms with van der Waals surface area (Å²) in [6.07, 6.45) is 2.14. The van der Waals surface area contributed by atoms with Crippen molar-refractivity contribution in [2.24, 2.45) is 0 Å². The SMILES string of the molecule is C=CCc1c(Br)ccc(C(=O)OC)c1O. The zero-order valence-electron chi connectivity index (χ0n) is 8.29. The van der Waals surface area contributed by atoms with Crippen molar-refractivity contribution in [1.82, 2.24) is 0 Å². The molecule has 0 aliphatic heterocycles.